The predicted molar refractivity (Wildman–Crippen MR) is 115 cm³/mol. The maximum atomic E-state index is 13.4. The number of aromatic nitrogens is 2. The number of anilines is 1. The van der Waals surface area contributed by atoms with E-state index < -0.39 is 0 Å². The minimum absolute atomic E-state index is 0.133. The second-order valence-corrected chi connectivity index (χ2v) is 9.07. The van der Waals surface area contributed by atoms with Crippen molar-refractivity contribution in [2.75, 3.05) is 24.5 Å². The van der Waals surface area contributed by atoms with Crippen molar-refractivity contribution in [3.05, 3.63) is 53.7 Å². The van der Waals surface area contributed by atoms with Crippen LogP contribution in [0.25, 0.3) is 21.1 Å². The van der Waals surface area contributed by atoms with Crippen LogP contribution in [0.1, 0.15) is 22.5 Å². The number of hydrogen-bond acceptors (Lipinski definition) is 5. The molecule has 2 fully saturated rings. The number of nitrogens with one attached hydrogen (secondary N) is 1. The highest BCUT2D eigenvalue weighted by atomic mass is 32.1. The maximum Gasteiger partial charge on any atom is 0.264 e. The number of aromatic hydroxyl groups is 1. The van der Waals surface area contributed by atoms with Crippen molar-refractivity contribution in [1.29, 1.82) is 0 Å². The smallest absolute Gasteiger partial charge is 0.264 e. The van der Waals surface area contributed by atoms with Crippen molar-refractivity contribution in [3.63, 3.8) is 0 Å². The molecule has 6 rings (SSSR count). The molecular formula is C22H20N4O2S. The van der Waals surface area contributed by atoms with Gasteiger partial charge in [0.25, 0.3) is 5.91 Å². The first-order valence-electron chi connectivity index (χ1n) is 9.85. The van der Waals surface area contributed by atoms with Gasteiger partial charge < -0.3 is 19.9 Å². The van der Waals surface area contributed by atoms with Gasteiger partial charge in [0.15, 0.2) is 5.75 Å². The molecule has 1 saturated heterocycles. The third kappa shape index (κ3) is 2.54. The van der Waals surface area contributed by atoms with Gasteiger partial charge in [-0.05, 0) is 36.4 Å². The third-order valence-corrected chi connectivity index (χ3v) is 7.32. The molecule has 3 aromatic heterocycles. The van der Waals surface area contributed by atoms with E-state index in [1.54, 1.807) is 11.3 Å². The maximum absolute atomic E-state index is 13.4. The number of thiophene rings is 1. The van der Waals surface area contributed by atoms with Gasteiger partial charge in [0.05, 0.1) is 22.3 Å². The number of pyridine rings is 1. The fourth-order valence-corrected chi connectivity index (χ4v) is 5.61. The molecule has 0 unspecified atom stereocenters. The van der Waals surface area contributed by atoms with Gasteiger partial charge in [-0.15, -0.1) is 11.3 Å². The quantitative estimate of drug-likeness (QED) is 0.530. The van der Waals surface area contributed by atoms with Gasteiger partial charge >= 0.3 is 0 Å². The normalized spacial score (nSPS) is 18.1. The standard InChI is InChI=1S/C22H20N4O2S/c27-16-12-24-20-15(5-8-23-20)19(16)25-9-10-26(22(13-25)6-7-22)21(28)18-11-14-3-1-2-4-17(14)29-18/h1-5,8,11-12,27H,6-7,9-10,13H2,(H,23,24). The van der Waals surface area contributed by atoms with Gasteiger partial charge in [-0.2, -0.15) is 0 Å². The van der Waals surface area contributed by atoms with E-state index in [0.29, 0.717) is 13.1 Å². The number of benzene rings is 1. The summed E-state index contributed by atoms with van der Waals surface area (Å²) in [4.78, 5) is 25.8. The van der Waals surface area contributed by atoms with Crippen molar-refractivity contribution >= 4 is 44.1 Å². The molecule has 1 amide bonds. The van der Waals surface area contributed by atoms with Crippen LogP contribution in [0.3, 0.4) is 0 Å². The van der Waals surface area contributed by atoms with Crippen LogP contribution in [-0.2, 0) is 0 Å². The molecule has 0 radical (unpaired) electrons. The predicted octanol–water partition coefficient (Wildman–Crippen LogP) is 3.98. The Hall–Kier alpha value is -3.06. The molecule has 6 nitrogen and oxygen atoms in total. The SMILES string of the molecule is O=C(c1cc2ccccc2s1)N1CCN(c2c(O)cnc3[nH]ccc23)CC12CC2. The molecule has 1 saturated carbocycles. The van der Waals surface area contributed by atoms with E-state index in [9.17, 15) is 9.90 Å². The molecule has 4 heterocycles. The van der Waals surface area contributed by atoms with Gasteiger partial charge in [-0.1, -0.05) is 18.2 Å². The molecule has 1 aromatic carbocycles. The fourth-order valence-electron chi connectivity index (χ4n) is 4.59. The Kier molecular flexibility index (Phi) is 3.47. The largest absolute Gasteiger partial charge is 0.504 e. The lowest BCUT2D eigenvalue weighted by Gasteiger charge is -2.43. The number of H-pyrrole nitrogens is 1. The zero-order valence-corrected chi connectivity index (χ0v) is 16.6. The number of aromatic amines is 1. The Morgan fingerprint density at radius 2 is 2.07 bits per heavy atom. The van der Waals surface area contributed by atoms with Crippen LogP contribution < -0.4 is 4.90 Å². The number of fused-ring (bicyclic) bond motifs is 2. The van der Waals surface area contributed by atoms with Gasteiger partial charge in [-0.25, -0.2) is 4.98 Å². The summed E-state index contributed by atoms with van der Waals surface area (Å²) >= 11 is 1.57. The van der Waals surface area contributed by atoms with Crippen LogP contribution in [0.5, 0.6) is 5.75 Å². The van der Waals surface area contributed by atoms with E-state index in [1.165, 1.54) is 6.20 Å². The van der Waals surface area contributed by atoms with Gasteiger partial charge in [-0.3, -0.25) is 4.79 Å². The molecule has 146 valence electrons. The summed E-state index contributed by atoms with van der Waals surface area (Å²) in [5, 5.41) is 12.6. The van der Waals surface area contributed by atoms with Gasteiger partial charge in [0.1, 0.15) is 5.65 Å². The number of rotatable bonds is 2. The van der Waals surface area contributed by atoms with Crippen LogP contribution in [-0.4, -0.2) is 51.1 Å². The van der Waals surface area contributed by atoms with Crippen LogP contribution in [0.4, 0.5) is 5.69 Å². The third-order valence-electron chi connectivity index (χ3n) is 6.21. The first-order valence-corrected chi connectivity index (χ1v) is 10.7. The first kappa shape index (κ1) is 16.9. The second kappa shape index (κ2) is 5.97. The highest BCUT2D eigenvalue weighted by molar-refractivity contribution is 7.20. The lowest BCUT2D eigenvalue weighted by atomic mass is 10.1. The van der Waals surface area contributed by atoms with Crippen LogP contribution >= 0.6 is 11.3 Å². The number of amides is 1. The Morgan fingerprint density at radius 3 is 2.90 bits per heavy atom. The fraction of sp³-hybridized carbons (Fsp3) is 0.273. The molecule has 0 atom stereocenters. The summed E-state index contributed by atoms with van der Waals surface area (Å²) in [6.45, 7) is 2.08. The molecule has 1 spiro atoms. The van der Waals surface area contributed by atoms with E-state index >= 15 is 0 Å². The number of piperazine rings is 1. The molecule has 7 heteroatoms. The zero-order valence-electron chi connectivity index (χ0n) is 15.8. The van der Waals surface area contributed by atoms with E-state index in [-0.39, 0.29) is 17.2 Å². The van der Waals surface area contributed by atoms with Gasteiger partial charge in [0.2, 0.25) is 0 Å². The van der Waals surface area contributed by atoms with Crippen LogP contribution in [0.15, 0.2) is 48.8 Å². The Morgan fingerprint density at radius 1 is 1.21 bits per heavy atom. The minimum Gasteiger partial charge on any atom is -0.504 e. The lowest BCUT2D eigenvalue weighted by Crippen LogP contribution is -2.57. The Labute approximate surface area is 171 Å². The summed E-state index contributed by atoms with van der Waals surface area (Å²) in [7, 11) is 0. The summed E-state index contributed by atoms with van der Waals surface area (Å²) < 4.78 is 1.15. The second-order valence-electron chi connectivity index (χ2n) is 7.98. The summed E-state index contributed by atoms with van der Waals surface area (Å²) in [5.74, 6) is 0.325. The minimum atomic E-state index is -0.135. The van der Waals surface area contributed by atoms with E-state index in [4.69, 9.17) is 0 Å². The molecular weight excluding hydrogens is 384 g/mol. The van der Waals surface area contributed by atoms with Crippen LogP contribution in [0, 0.1) is 0 Å². The van der Waals surface area contributed by atoms with E-state index in [0.717, 1.165) is 51.1 Å². The number of carbonyl (C=O) groups excluding carboxylic acids is 1. The van der Waals surface area contributed by atoms with Gasteiger partial charge in [0, 0.05) is 35.9 Å². The molecule has 1 aliphatic carbocycles. The number of carbonyl (C=O) groups is 1. The summed E-state index contributed by atoms with van der Waals surface area (Å²) in [5.41, 5.74) is 1.45. The number of hydrogen-bond donors (Lipinski definition) is 2. The van der Waals surface area contributed by atoms with Crippen LogP contribution in [0.2, 0.25) is 0 Å². The van der Waals surface area contributed by atoms with Crippen molar-refractivity contribution in [2.45, 2.75) is 18.4 Å². The monoisotopic (exact) mass is 404 g/mol. The first-order chi connectivity index (χ1) is 14.1. The molecule has 1 aliphatic heterocycles. The van der Waals surface area contributed by atoms with Crippen molar-refractivity contribution in [3.8, 4) is 5.75 Å². The highest BCUT2D eigenvalue weighted by Crippen LogP contribution is 2.48. The summed E-state index contributed by atoms with van der Waals surface area (Å²) in [6, 6.07) is 12.1. The Balaban J connectivity index is 1.32. The topological polar surface area (TPSA) is 72.5 Å². The lowest BCUT2D eigenvalue weighted by molar-refractivity contribution is 0.0630. The molecule has 2 aliphatic rings. The molecule has 29 heavy (non-hydrogen) atoms. The molecule has 0 bridgehead atoms. The van der Waals surface area contributed by atoms with Crippen molar-refractivity contribution in [1.82, 2.24) is 14.9 Å². The molecule has 2 N–H and O–H groups in total. The van der Waals surface area contributed by atoms with E-state index in [2.05, 4.69) is 31.9 Å². The summed E-state index contributed by atoms with van der Waals surface area (Å²) in [6.07, 6.45) is 5.35. The van der Waals surface area contributed by atoms with Crippen molar-refractivity contribution < 1.29 is 9.90 Å². The number of nitrogens with zero attached hydrogens (tertiary/aromatic N) is 3. The highest BCUT2D eigenvalue weighted by Gasteiger charge is 2.53. The van der Waals surface area contributed by atoms with E-state index in [1.807, 2.05) is 30.5 Å². The molecule has 4 aromatic rings. The Bertz CT molecular complexity index is 1220. The average molecular weight is 404 g/mol. The zero-order chi connectivity index (χ0) is 19.6. The van der Waals surface area contributed by atoms with Crippen molar-refractivity contribution in [2.24, 2.45) is 0 Å². The average Bonchev–Trinajstić information content (AvgIpc) is 3.16.